The van der Waals surface area contributed by atoms with E-state index in [4.69, 9.17) is 0 Å². The summed E-state index contributed by atoms with van der Waals surface area (Å²) in [6, 6.07) is -0.111. The first-order valence-electron chi connectivity index (χ1n) is 3.44. The smallest absolute Gasteiger partial charge is 0.315 e. The zero-order valence-electron chi connectivity index (χ0n) is 6.48. The van der Waals surface area contributed by atoms with Crippen molar-refractivity contribution in [3.05, 3.63) is 12.2 Å². The minimum absolute atomic E-state index is 0.111. The number of carbonyl (C=O) groups excluding carboxylic acids is 1. The summed E-state index contributed by atoms with van der Waals surface area (Å²) in [5, 5.41) is 5.27. The van der Waals surface area contributed by atoms with Crippen molar-refractivity contribution in [3.63, 3.8) is 0 Å². The summed E-state index contributed by atoms with van der Waals surface area (Å²) < 4.78 is 0. The quantitative estimate of drug-likeness (QED) is 0.564. The summed E-state index contributed by atoms with van der Waals surface area (Å²) >= 11 is 0. The van der Waals surface area contributed by atoms with Crippen LogP contribution < -0.4 is 10.6 Å². The fraction of sp³-hybridized carbons (Fsp3) is 0.571. The van der Waals surface area contributed by atoms with Gasteiger partial charge in [0.2, 0.25) is 0 Å². The lowest BCUT2D eigenvalue weighted by atomic mass is 10.5. The van der Waals surface area contributed by atoms with Gasteiger partial charge in [-0.3, -0.25) is 0 Å². The Hall–Kier alpha value is -0.990. The standard InChI is InChI=1S/C7H14N2O/c1-3-5-6-9-7(10)8-4-2/h3,5H,4,6H2,1-2H3,(H2,8,9,10)/b5-3+. The molecule has 0 aliphatic heterocycles. The van der Waals surface area contributed by atoms with Gasteiger partial charge in [0, 0.05) is 13.1 Å². The average Bonchev–Trinajstić information content (AvgIpc) is 1.89. The Morgan fingerprint density at radius 3 is 2.70 bits per heavy atom. The summed E-state index contributed by atoms with van der Waals surface area (Å²) in [5.41, 5.74) is 0. The molecule has 3 nitrogen and oxygen atoms in total. The fourth-order valence-corrected chi connectivity index (χ4v) is 0.493. The van der Waals surface area contributed by atoms with Crippen LogP contribution in [-0.2, 0) is 0 Å². The van der Waals surface area contributed by atoms with Gasteiger partial charge in [-0.05, 0) is 13.8 Å². The van der Waals surface area contributed by atoms with Crippen LogP contribution >= 0.6 is 0 Å². The Bertz CT molecular complexity index is 121. The van der Waals surface area contributed by atoms with Gasteiger partial charge in [-0.15, -0.1) is 0 Å². The van der Waals surface area contributed by atoms with E-state index in [1.165, 1.54) is 0 Å². The van der Waals surface area contributed by atoms with Gasteiger partial charge in [-0.25, -0.2) is 4.79 Å². The maximum Gasteiger partial charge on any atom is 0.315 e. The highest BCUT2D eigenvalue weighted by atomic mass is 16.2. The molecule has 0 rings (SSSR count). The van der Waals surface area contributed by atoms with E-state index in [0.29, 0.717) is 13.1 Å². The van der Waals surface area contributed by atoms with Crippen LogP contribution in [0.5, 0.6) is 0 Å². The van der Waals surface area contributed by atoms with Gasteiger partial charge in [0.05, 0.1) is 0 Å². The maximum absolute atomic E-state index is 10.7. The molecule has 58 valence electrons. The molecule has 0 saturated carbocycles. The predicted octanol–water partition coefficient (Wildman–Crippen LogP) is 0.882. The molecule has 0 aromatic heterocycles. The van der Waals surface area contributed by atoms with Gasteiger partial charge < -0.3 is 10.6 Å². The molecule has 0 aromatic rings. The number of rotatable bonds is 3. The molecule has 0 spiro atoms. The first kappa shape index (κ1) is 9.01. The molecule has 0 bridgehead atoms. The summed E-state index contributed by atoms with van der Waals surface area (Å²) in [7, 11) is 0. The third-order valence-corrected chi connectivity index (χ3v) is 0.954. The molecule has 0 aliphatic rings. The Labute approximate surface area is 61.5 Å². The zero-order valence-corrected chi connectivity index (χ0v) is 6.48. The number of urea groups is 1. The second-order valence-electron chi connectivity index (χ2n) is 1.81. The second-order valence-corrected chi connectivity index (χ2v) is 1.81. The third kappa shape index (κ3) is 5.15. The van der Waals surface area contributed by atoms with Gasteiger partial charge in [0.1, 0.15) is 0 Å². The normalized spacial score (nSPS) is 9.80. The Morgan fingerprint density at radius 2 is 2.20 bits per heavy atom. The van der Waals surface area contributed by atoms with Crippen LogP contribution in [0.2, 0.25) is 0 Å². The molecule has 0 aromatic carbocycles. The van der Waals surface area contributed by atoms with E-state index in [-0.39, 0.29) is 6.03 Å². The Balaban J connectivity index is 3.21. The number of allylic oxidation sites excluding steroid dienone is 1. The van der Waals surface area contributed by atoms with Crippen molar-refractivity contribution in [3.8, 4) is 0 Å². The van der Waals surface area contributed by atoms with Crippen LogP contribution in [0, 0.1) is 0 Å². The molecule has 0 fully saturated rings. The molecule has 0 unspecified atom stereocenters. The van der Waals surface area contributed by atoms with Gasteiger partial charge in [-0.2, -0.15) is 0 Å². The van der Waals surface area contributed by atoms with Gasteiger partial charge in [0.25, 0.3) is 0 Å². The summed E-state index contributed by atoms with van der Waals surface area (Å²) in [4.78, 5) is 10.7. The van der Waals surface area contributed by atoms with E-state index in [1.54, 1.807) is 0 Å². The monoisotopic (exact) mass is 142 g/mol. The highest BCUT2D eigenvalue weighted by Crippen LogP contribution is 1.68. The van der Waals surface area contributed by atoms with E-state index in [9.17, 15) is 4.79 Å². The predicted molar refractivity (Wildman–Crippen MR) is 41.9 cm³/mol. The number of carbonyl (C=O) groups is 1. The van der Waals surface area contributed by atoms with Crippen LogP contribution in [0.15, 0.2) is 12.2 Å². The fourth-order valence-electron chi connectivity index (χ4n) is 0.493. The first-order chi connectivity index (χ1) is 4.81. The van der Waals surface area contributed by atoms with Crippen molar-refractivity contribution in [2.45, 2.75) is 13.8 Å². The molecular formula is C7H14N2O. The van der Waals surface area contributed by atoms with Crippen LogP contribution in [-0.4, -0.2) is 19.1 Å². The topological polar surface area (TPSA) is 41.1 Å². The van der Waals surface area contributed by atoms with Crippen LogP contribution in [0.25, 0.3) is 0 Å². The number of nitrogens with one attached hydrogen (secondary N) is 2. The summed E-state index contributed by atoms with van der Waals surface area (Å²) in [5.74, 6) is 0. The Morgan fingerprint density at radius 1 is 1.50 bits per heavy atom. The maximum atomic E-state index is 10.7. The summed E-state index contributed by atoms with van der Waals surface area (Å²) in [6.45, 7) is 5.07. The SMILES string of the molecule is C/C=C/CNC(=O)NCC. The van der Waals surface area contributed by atoms with Crippen molar-refractivity contribution >= 4 is 6.03 Å². The molecule has 10 heavy (non-hydrogen) atoms. The Kier molecular flexibility index (Phi) is 5.53. The average molecular weight is 142 g/mol. The van der Waals surface area contributed by atoms with Gasteiger partial charge in [0.15, 0.2) is 0 Å². The van der Waals surface area contributed by atoms with Crippen molar-refractivity contribution in [1.29, 1.82) is 0 Å². The van der Waals surface area contributed by atoms with Crippen LogP contribution in [0.4, 0.5) is 4.79 Å². The lowest BCUT2D eigenvalue weighted by molar-refractivity contribution is 0.242. The minimum Gasteiger partial charge on any atom is -0.338 e. The third-order valence-electron chi connectivity index (χ3n) is 0.954. The molecule has 2 N–H and O–H groups in total. The number of hydrogen-bond acceptors (Lipinski definition) is 1. The molecule has 0 atom stereocenters. The van der Waals surface area contributed by atoms with Gasteiger partial charge >= 0.3 is 6.03 Å². The number of amides is 2. The van der Waals surface area contributed by atoms with E-state index in [0.717, 1.165) is 0 Å². The van der Waals surface area contributed by atoms with Crippen molar-refractivity contribution in [2.24, 2.45) is 0 Å². The van der Waals surface area contributed by atoms with E-state index >= 15 is 0 Å². The molecule has 0 heterocycles. The zero-order chi connectivity index (χ0) is 7.82. The summed E-state index contributed by atoms with van der Waals surface area (Å²) in [6.07, 6.45) is 3.78. The number of hydrogen-bond donors (Lipinski definition) is 2. The van der Waals surface area contributed by atoms with Crippen LogP contribution in [0.1, 0.15) is 13.8 Å². The van der Waals surface area contributed by atoms with E-state index in [1.807, 2.05) is 26.0 Å². The van der Waals surface area contributed by atoms with E-state index in [2.05, 4.69) is 10.6 Å². The molecule has 3 heteroatoms. The lowest BCUT2D eigenvalue weighted by Crippen LogP contribution is -2.35. The molecule has 0 saturated heterocycles. The first-order valence-corrected chi connectivity index (χ1v) is 3.44. The van der Waals surface area contributed by atoms with Crippen molar-refractivity contribution in [2.75, 3.05) is 13.1 Å². The highest BCUT2D eigenvalue weighted by molar-refractivity contribution is 5.73. The van der Waals surface area contributed by atoms with Gasteiger partial charge in [-0.1, -0.05) is 12.2 Å². The molecule has 0 radical (unpaired) electrons. The molecular weight excluding hydrogens is 128 g/mol. The minimum atomic E-state index is -0.111. The van der Waals surface area contributed by atoms with Crippen LogP contribution in [0.3, 0.4) is 0 Å². The van der Waals surface area contributed by atoms with E-state index < -0.39 is 0 Å². The second kappa shape index (κ2) is 6.13. The van der Waals surface area contributed by atoms with Crippen molar-refractivity contribution in [1.82, 2.24) is 10.6 Å². The lowest BCUT2D eigenvalue weighted by Gasteiger charge is -2.00. The van der Waals surface area contributed by atoms with Crippen molar-refractivity contribution < 1.29 is 4.79 Å². The molecule has 0 aliphatic carbocycles. The molecule has 2 amide bonds. The highest BCUT2D eigenvalue weighted by Gasteiger charge is 1.91. The largest absolute Gasteiger partial charge is 0.338 e.